The highest BCUT2D eigenvalue weighted by Gasteiger charge is 2.24. The number of nitrogens with zero attached hydrogens (tertiary/aromatic N) is 2. The van der Waals surface area contributed by atoms with E-state index in [1.807, 2.05) is 24.3 Å². The fourth-order valence-corrected chi connectivity index (χ4v) is 2.69. The predicted molar refractivity (Wildman–Crippen MR) is 73.9 cm³/mol. The topological polar surface area (TPSA) is 64.9 Å². The van der Waals surface area contributed by atoms with Crippen molar-refractivity contribution in [3.05, 3.63) is 35.2 Å². The Bertz CT molecular complexity index is 561. The SMILES string of the molecule is NC1CCC(c2nnc(-c3cccc(Cl)c3)o2)CC1. The van der Waals surface area contributed by atoms with Gasteiger partial charge in [-0.05, 0) is 43.9 Å². The monoisotopic (exact) mass is 277 g/mol. The van der Waals surface area contributed by atoms with Crippen LogP contribution < -0.4 is 5.73 Å². The van der Waals surface area contributed by atoms with Crippen LogP contribution in [-0.4, -0.2) is 16.2 Å². The number of nitrogens with two attached hydrogens (primary N) is 1. The molecule has 1 saturated carbocycles. The first kappa shape index (κ1) is 12.6. The van der Waals surface area contributed by atoms with Gasteiger partial charge in [0.05, 0.1) is 0 Å². The average molecular weight is 278 g/mol. The Labute approximate surface area is 117 Å². The van der Waals surface area contributed by atoms with Gasteiger partial charge >= 0.3 is 0 Å². The molecule has 0 aliphatic heterocycles. The van der Waals surface area contributed by atoms with Crippen molar-refractivity contribution in [2.75, 3.05) is 0 Å². The fraction of sp³-hybridized carbons (Fsp3) is 0.429. The molecule has 0 unspecified atom stereocenters. The van der Waals surface area contributed by atoms with Crippen LogP contribution in [0.5, 0.6) is 0 Å². The number of aromatic nitrogens is 2. The molecule has 2 N–H and O–H groups in total. The second-order valence-corrected chi connectivity index (χ2v) is 5.50. The van der Waals surface area contributed by atoms with Gasteiger partial charge in [0.2, 0.25) is 11.8 Å². The predicted octanol–water partition coefficient (Wildman–Crippen LogP) is 3.37. The van der Waals surface area contributed by atoms with Gasteiger partial charge in [-0.2, -0.15) is 0 Å². The van der Waals surface area contributed by atoms with Crippen LogP contribution in [0.1, 0.15) is 37.5 Å². The standard InChI is InChI=1S/C14H16ClN3O/c15-11-3-1-2-10(8-11)14-18-17-13(19-14)9-4-6-12(16)7-5-9/h1-3,8-9,12H,4-7,16H2. The number of hydrogen-bond acceptors (Lipinski definition) is 4. The molecule has 1 aliphatic rings. The van der Waals surface area contributed by atoms with Crippen LogP contribution in [-0.2, 0) is 0 Å². The summed E-state index contributed by atoms with van der Waals surface area (Å²) in [6, 6.07) is 7.77. The fourth-order valence-electron chi connectivity index (χ4n) is 2.50. The first-order valence-electron chi connectivity index (χ1n) is 6.57. The van der Waals surface area contributed by atoms with Crippen LogP contribution >= 0.6 is 11.6 Å². The number of halogens is 1. The third-order valence-electron chi connectivity index (χ3n) is 3.63. The number of hydrogen-bond donors (Lipinski definition) is 1. The minimum absolute atomic E-state index is 0.326. The molecule has 1 fully saturated rings. The van der Waals surface area contributed by atoms with Gasteiger partial charge < -0.3 is 10.2 Å². The van der Waals surface area contributed by atoms with Gasteiger partial charge in [-0.15, -0.1) is 10.2 Å². The van der Waals surface area contributed by atoms with Crippen molar-refractivity contribution in [2.45, 2.75) is 37.6 Å². The zero-order chi connectivity index (χ0) is 13.2. The maximum Gasteiger partial charge on any atom is 0.247 e. The molecule has 19 heavy (non-hydrogen) atoms. The molecule has 1 aliphatic carbocycles. The lowest BCUT2D eigenvalue weighted by Crippen LogP contribution is -2.25. The van der Waals surface area contributed by atoms with Gasteiger partial charge in [0.25, 0.3) is 0 Å². The lowest BCUT2D eigenvalue weighted by Gasteiger charge is -2.23. The van der Waals surface area contributed by atoms with Gasteiger partial charge in [-0.25, -0.2) is 0 Å². The van der Waals surface area contributed by atoms with E-state index >= 15 is 0 Å². The molecule has 100 valence electrons. The minimum atomic E-state index is 0.326. The maximum atomic E-state index is 5.96. The Morgan fingerprint density at radius 2 is 1.95 bits per heavy atom. The molecule has 1 heterocycles. The smallest absolute Gasteiger partial charge is 0.247 e. The first-order chi connectivity index (χ1) is 9.22. The first-order valence-corrected chi connectivity index (χ1v) is 6.95. The summed E-state index contributed by atoms with van der Waals surface area (Å²) in [7, 11) is 0. The van der Waals surface area contributed by atoms with E-state index in [1.165, 1.54) is 0 Å². The van der Waals surface area contributed by atoms with E-state index in [-0.39, 0.29) is 0 Å². The Kier molecular flexibility index (Phi) is 3.53. The van der Waals surface area contributed by atoms with Crippen molar-refractivity contribution in [1.29, 1.82) is 0 Å². The Morgan fingerprint density at radius 3 is 2.68 bits per heavy atom. The lowest BCUT2D eigenvalue weighted by atomic mass is 9.86. The molecule has 0 amide bonds. The second-order valence-electron chi connectivity index (χ2n) is 5.07. The van der Waals surface area contributed by atoms with Crippen molar-refractivity contribution in [3.63, 3.8) is 0 Å². The van der Waals surface area contributed by atoms with Gasteiger partial charge in [0.1, 0.15) is 0 Å². The normalized spacial score (nSPS) is 23.5. The molecule has 1 aromatic heterocycles. The van der Waals surface area contributed by atoms with Crippen molar-refractivity contribution in [1.82, 2.24) is 10.2 Å². The van der Waals surface area contributed by atoms with Gasteiger partial charge in [0.15, 0.2) is 0 Å². The highest BCUT2D eigenvalue weighted by molar-refractivity contribution is 6.30. The summed E-state index contributed by atoms with van der Waals surface area (Å²) in [5, 5.41) is 8.95. The molecule has 4 nitrogen and oxygen atoms in total. The van der Waals surface area contributed by atoms with Gasteiger partial charge in [-0.1, -0.05) is 17.7 Å². The van der Waals surface area contributed by atoms with E-state index in [1.54, 1.807) is 0 Å². The summed E-state index contributed by atoms with van der Waals surface area (Å²) in [6.07, 6.45) is 4.11. The van der Waals surface area contributed by atoms with E-state index in [0.717, 1.165) is 37.1 Å². The van der Waals surface area contributed by atoms with Crippen LogP contribution in [0.15, 0.2) is 28.7 Å². The molecule has 0 saturated heterocycles. The quantitative estimate of drug-likeness (QED) is 0.914. The van der Waals surface area contributed by atoms with E-state index in [0.29, 0.717) is 22.9 Å². The Hall–Kier alpha value is -1.39. The van der Waals surface area contributed by atoms with Crippen molar-refractivity contribution in [2.24, 2.45) is 5.73 Å². The molecule has 5 heteroatoms. The summed E-state index contributed by atoms with van der Waals surface area (Å²) >= 11 is 5.96. The largest absolute Gasteiger partial charge is 0.420 e. The number of rotatable bonds is 2. The highest BCUT2D eigenvalue weighted by atomic mass is 35.5. The molecule has 0 spiro atoms. The average Bonchev–Trinajstić information content (AvgIpc) is 2.89. The van der Waals surface area contributed by atoms with Crippen LogP contribution in [0.2, 0.25) is 5.02 Å². The summed E-state index contributed by atoms with van der Waals surface area (Å²) in [5.74, 6) is 1.61. The summed E-state index contributed by atoms with van der Waals surface area (Å²) in [6.45, 7) is 0. The molecule has 2 aromatic rings. The van der Waals surface area contributed by atoms with Gasteiger partial charge in [0, 0.05) is 22.5 Å². The molecule has 0 bridgehead atoms. The summed E-state index contributed by atoms with van der Waals surface area (Å²) in [4.78, 5) is 0. The van der Waals surface area contributed by atoms with Crippen molar-refractivity contribution >= 4 is 11.6 Å². The number of benzene rings is 1. The molecular formula is C14H16ClN3O. The molecule has 0 radical (unpaired) electrons. The van der Waals surface area contributed by atoms with Crippen molar-refractivity contribution < 1.29 is 4.42 Å². The van der Waals surface area contributed by atoms with Crippen LogP contribution in [0.3, 0.4) is 0 Å². The molecule has 0 atom stereocenters. The van der Waals surface area contributed by atoms with Crippen LogP contribution in [0.25, 0.3) is 11.5 Å². The molecule has 1 aromatic carbocycles. The lowest BCUT2D eigenvalue weighted by molar-refractivity contribution is 0.341. The minimum Gasteiger partial charge on any atom is -0.420 e. The van der Waals surface area contributed by atoms with Crippen molar-refractivity contribution in [3.8, 4) is 11.5 Å². The zero-order valence-corrected chi connectivity index (χ0v) is 11.3. The Morgan fingerprint density at radius 1 is 1.16 bits per heavy atom. The van der Waals surface area contributed by atoms with Gasteiger partial charge in [-0.3, -0.25) is 0 Å². The molecular weight excluding hydrogens is 262 g/mol. The van der Waals surface area contributed by atoms with E-state index < -0.39 is 0 Å². The maximum absolute atomic E-state index is 5.96. The van der Waals surface area contributed by atoms with E-state index in [4.69, 9.17) is 21.8 Å². The summed E-state index contributed by atoms with van der Waals surface area (Å²) < 4.78 is 5.78. The van der Waals surface area contributed by atoms with Crippen LogP contribution in [0, 0.1) is 0 Å². The van der Waals surface area contributed by atoms with E-state index in [9.17, 15) is 0 Å². The third kappa shape index (κ3) is 2.80. The highest BCUT2D eigenvalue weighted by Crippen LogP contribution is 2.33. The third-order valence-corrected chi connectivity index (χ3v) is 3.87. The summed E-state index contributed by atoms with van der Waals surface area (Å²) in [5.41, 5.74) is 6.77. The molecule has 3 rings (SSSR count). The van der Waals surface area contributed by atoms with Crippen LogP contribution in [0.4, 0.5) is 0 Å². The second kappa shape index (κ2) is 5.31. The Balaban J connectivity index is 1.80. The van der Waals surface area contributed by atoms with E-state index in [2.05, 4.69) is 10.2 Å². The zero-order valence-electron chi connectivity index (χ0n) is 10.6.